The number of para-hydroxylation sites is 1. The maximum atomic E-state index is 12.9. The second-order valence-electron chi connectivity index (χ2n) is 6.51. The van der Waals surface area contributed by atoms with Gasteiger partial charge in [-0.05, 0) is 43.3 Å². The molecule has 1 saturated heterocycles. The lowest BCUT2D eigenvalue weighted by atomic mass is 10.2. The number of hydrogen-bond donors (Lipinski definition) is 0. The van der Waals surface area contributed by atoms with E-state index in [9.17, 15) is 9.59 Å². The third kappa shape index (κ3) is 3.53. The molecule has 1 atom stereocenters. The van der Waals surface area contributed by atoms with Gasteiger partial charge in [0.2, 0.25) is 5.91 Å². The Morgan fingerprint density at radius 3 is 2.93 bits per heavy atom. The van der Waals surface area contributed by atoms with E-state index in [1.54, 1.807) is 22.0 Å². The highest BCUT2D eigenvalue weighted by Crippen LogP contribution is 2.35. The van der Waals surface area contributed by atoms with Gasteiger partial charge in [-0.2, -0.15) is 0 Å². The number of rotatable bonds is 5. The van der Waals surface area contributed by atoms with Gasteiger partial charge in [-0.15, -0.1) is 11.3 Å². The SMILES string of the molecule is CCn1c(SCC(=O)N2CCCC2c2cccs2)nc2ccccc2c1=O. The number of amides is 1. The normalized spacial score (nSPS) is 16.9. The van der Waals surface area contributed by atoms with E-state index in [1.807, 2.05) is 36.1 Å². The van der Waals surface area contributed by atoms with Crippen molar-refractivity contribution >= 4 is 39.9 Å². The highest BCUT2D eigenvalue weighted by molar-refractivity contribution is 7.99. The second kappa shape index (κ2) is 7.86. The van der Waals surface area contributed by atoms with Gasteiger partial charge in [-0.1, -0.05) is 30.0 Å². The Labute approximate surface area is 166 Å². The molecule has 140 valence electrons. The number of nitrogens with zero attached hydrogens (tertiary/aromatic N) is 3. The van der Waals surface area contributed by atoms with E-state index in [4.69, 9.17) is 0 Å². The molecule has 3 aromatic rings. The van der Waals surface area contributed by atoms with Crippen molar-refractivity contribution in [1.82, 2.24) is 14.5 Å². The molecule has 0 radical (unpaired) electrons. The fourth-order valence-corrected chi connectivity index (χ4v) is 5.41. The smallest absolute Gasteiger partial charge is 0.262 e. The van der Waals surface area contributed by atoms with Gasteiger partial charge < -0.3 is 4.90 Å². The Morgan fingerprint density at radius 2 is 2.15 bits per heavy atom. The lowest BCUT2D eigenvalue weighted by molar-refractivity contribution is -0.129. The zero-order valence-corrected chi connectivity index (χ0v) is 16.8. The van der Waals surface area contributed by atoms with Crippen LogP contribution in [0.2, 0.25) is 0 Å². The molecule has 1 aromatic carbocycles. The van der Waals surface area contributed by atoms with Crippen molar-refractivity contribution in [2.75, 3.05) is 12.3 Å². The van der Waals surface area contributed by atoms with Crippen LogP contribution in [0.1, 0.15) is 30.7 Å². The fourth-order valence-electron chi connectivity index (χ4n) is 3.59. The lowest BCUT2D eigenvalue weighted by Crippen LogP contribution is -2.32. The second-order valence-corrected chi connectivity index (χ2v) is 8.43. The first kappa shape index (κ1) is 18.3. The molecular formula is C20H21N3O2S2. The van der Waals surface area contributed by atoms with Crippen molar-refractivity contribution in [1.29, 1.82) is 0 Å². The number of thiophene rings is 1. The maximum absolute atomic E-state index is 12.9. The van der Waals surface area contributed by atoms with Crippen molar-refractivity contribution in [2.45, 2.75) is 37.5 Å². The minimum Gasteiger partial charge on any atom is -0.334 e. The number of carbonyl (C=O) groups is 1. The van der Waals surface area contributed by atoms with Gasteiger partial charge in [0.1, 0.15) is 0 Å². The molecule has 3 heterocycles. The van der Waals surface area contributed by atoms with Crippen LogP contribution in [0.25, 0.3) is 10.9 Å². The van der Waals surface area contributed by atoms with Crippen LogP contribution in [-0.2, 0) is 11.3 Å². The topological polar surface area (TPSA) is 55.2 Å². The summed E-state index contributed by atoms with van der Waals surface area (Å²) < 4.78 is 1.65. The molecule has 1 fully saturated rings. The number of likely N-dealkylation sites (tertiary alicyclic amines) is 1. The van der Waals surface area contributed by atoms with Crippen molar-refractivity contribution in [3.05, 3.63) is 57.0 Å². The highest BCUT2D eigenvalue weighted by Gasteiger charge is 2.30. The zero-order chi connectivity index (χ0) is 18.8. The molecule has 0 bridgehead atoms. The lowest BCUT2D eigenvalue weighted by Gasteiger charge is -2.24. The van der Waals surface area contributed by atoms with Gasteiger partial charge >= 0.3 is 0 Å². The van der Waals surface area contributed by atoms with Crippen molar-refractivity contribution in [2.24, 2.45) is 0 Å². The van der Waals surface area contributed by atoms with Gasteiger partial charge in [0.25, 0.3) is 5.56 Å². The van der Waals surface area contributed by atoms with Crippen LogP contribution in [0.5, 0.6) is 0 Å². The number of hydrogen-bond acceptors (Lipinski definition) is 5. The summed E-state index contributed by atoms with van der Waals surface area (Å²) >= 11 is 3.07. The first-order valence-corrected chi connectivity index (χ1v) is 11.0. The molecule has 1 aliphatic rings. The molecule has 0 N–H and O–H groups in total. The molecule has 5 nitrogen and oxygen atoms in total. The number of thioether (sulfide) groups is 1. The summed E-state index contributed by atoms with van der Waals surface area (Å²) in [5.74, 6) is 0.410. The molecule has 0 aliphatic carbocycles. The number of aromatic nitrogens is 2. The summed E-state index contributed by atoms with van der Waals surface area (Å²) in [5, 5.41) is 3.29. The van der Waals surface area contributed by atoms with Crippen LogP contribution in [0, 0.1) is 0 Å². The summed E-state index contributed by atoms with van der Waals surface area (Å²) in [7, 11) is 0. The fraction of sp³-hybridized carbons (Fsp3) is 0.350. The van der Waals surface area contributed by atoms with Gasteiger partial charge in [0.05, 0.1) is 22.7 Å². The van der Waals surface area contributed by atoms with Crippen molar-refractivity contribution < 1.29 is 4.79 Å². The van der Waals surface area contributed by atoms with Crippen LogP contribution in [0.15, 0.2) is 51.7 Å². The van der Waals surface area contributed by atoms with E-state index in [0.717, 1.165) is 19.4 Å². The Morgan fingerprint density at radius 1 is 1.30 bits per heavy atom. The monoisotopic (exact) mass is 399 g/mol. The van der Waals surface area contributed by atoms with Gasteiger partial charge in [-0.25, -0.2) is 4.98 Å². The molecule has 0 spiro atoms. The van der Waals surface area contributed by atoms with E-state index in [1.165, 1.54) is 16.6 Å². The minimum absolute atomic E-state index is 0.0457. The predicted octanol–water partition coefficient (Wildman–Crippen LogP) is 3.93. The molecule has 4 rings (SSSR count). The Hall–Kier alpha value is -2.12. The molecule has 1 aliphatic heterocycles. The van der Waals surface area contributed by atoms with Crippen LogP contribution in [0.3, 0.4) is 0 Å². The average molecular weight is 400 g/mol. The molecule has 0 saturated carbocycles. The molecule has 2 aromatic heterocycles. The maximum Gasteiger partial charge on any atom is 0.262 e. The Kier molecular flexibility index (Phi) is 5.31. The summed E-state index contributed by atoms with van der Waals surface area (Å²) in [6, 6.07) is 11.7. The third-order valence-corrected chi connectivity index (χ3v) is 6.85. The molecule has 27 heavy (non-hydrogen) atoms. The van der Waals surface area contributed by atoms with E-state index in [2.05, 4.69) is 16.4 Å². The summed E-state index contributed by atoms with van der Waals surface area (Å²) in [5.41, 5.74) is 0.635. The first-order valence-electron chi connectivity index (χ1n) is 9.14. The number of benzene rings is 1. The van der Waals surface area contributed by atoms with Crippen LogP contribution < -0.4 is 5.56 Å². The molecular weight excluding hydrogens is 378 g/mol. The van der Waals surface area contributed by atoms with E-state index in [-0.39, 0.29) is 17.5 Å². The van der Waals surface area contributed by atoms with Gasteiger partial charge in [0, 0.05) is 18.0 Å². The standard InChI is InChI=1S/C20H21N3O2S2/c1-2-22-19(25)14-7-3-4-8-15(14)21-20(22)27-13-18(24)23-11-5-9-16(23)17-10-6-12-26-17/h3-4,6-8,10,12,16H,2,5,9,11,13H2,1H3. The van der Waals surface area contributed by atoms with Gasteiger partial charge in [0.15, 0.2) is 5.16 Å². The van der Waals surface area contributed by atoms with E-state index in [0.29, 0.717) is 28.4 Å². The highest BCUT2D eigenvalue weighted by atomic mass is 32.2. The zero-order valence-electron chi connectivity index (χ0n) is 15.1. The first-order chi connectivity index (χ1) is 13.2. The number of fused-ring (bicyclic) bond motifs is 1. The minimum atomic E-state index is -0.0457. The molecule has 7 heteroatoms. The summed E-state index contributed by atoms with van der Waals surface area (Å²) in [6.07, 6.45) is 2.05. The average Bonchev–Trinajstić information content (AvgIpc) is 3.37. The van der Waals surface area contributed by atoms with Crippen molar-refractivity contribution in [3.63, 3.8) is 0 Å². The van der Waals surface area contributed by atoms with E-state index >= 15 is 0 Å². The van der Waals surface area contributed by atoms with Crippen LogP contribution >= 0.6 is 23.1 Å². The molecule has 1 amide bonds. The number of carbonyl (C=O) groups excluding carboxylic acids is 1. The summed E-state index contributed by atoms with van der Waals surface area (Å²) in [4.78, 5) is 33.4. The quantitative estimate of drug-likeness (QED) is 0.482. The van der Waals surface area contributed by atoms with Crippen molar-refractivity contribution in [3.8, 4) is 0 Å². The van der Waals surface area contributed by atoms with E-state index < -0.39 is 0 Å². The molecule has 1 unspecified atom stereocenters. The third-order valence-electron chi connectivity index (χ3n) is 4.91. The Bertz CT molecular complexity index is 1010. The predicted molar refractivity (Wildman–Crippen MR) is 110 cm³/mol. The van der Waals surface area contributed by atoms with Crippen LogP contribution in [0.4, 0.5) is 0 Å². The van der Waals surface area contributed by atoms with Gasteiger partial charge in [-0.3, -0.25) is 14.2 Å². The largest absolute Gasteiger partial charge is 0.334 e. The Balaban J connectivity index is 1.55. The van der Waals surface area contributed by atoms with Crippen LogP contribution in [-0.4, -0.2) is 32.7 Å². The summed E-state index contributed by atoms with van der Waals surface area (Å²) in [6.45, 7) is 3.26.